The highest BCUT2D eigenvalue weighted by atomic mass is 32.2. The lowest BCUT2D eigenvalue weighted by Crippen LogP contribution is -2.22. The molecule has 1 atom stereocenters. The molecule has 28 heavy (non-hydrogen) atoms. The van der Waals surface area contributed by atoms with Crippen molar-refractivity contribution in [3.05, 3.63) is 42.4 Å². The first-order valence-electron chi connectivity index (χ1n) is 8.38. The summed E-state index contributed by atoms with van der Waals surface area (Å²) in [5.74, 6) is 1.83. The van der Waals surface area contributed by atoms with Gasteiger partial charge < -0.3 is 24.5 Å². The molecule has 1 amide bonds. The van der Waals surface area contributed by atoms with Gasteiger partial charge in [-0.25, -0.2) is 0 Å². The van der Waals surface area contributed by atoms with Crippen LogP contribution in [-0.4, -0.2) is 35.6 Å². The van der Waals surface area contributed by atoms with Gasteiger partial charge in [0.2, 0.25) is 11.0 Å². The van der Waals surface area contributed by atoms with Crippen molar-refractivity contribution in [2.24, 2.45) is 0 Å². The van der Waals surface area contributed by atoms with E-state index in [1.165, 1.54) is 23.1 Å². The topological polar surface area (TPSA) is 98.5 Å². The highest BCUT2D eigenvalue weighted by Crippen LogP contribution is 2.32. The number of carbonyl (C=O) groups excluding carboxylic acids is 1. The number of methoxy groups -OCH3 is 2. The summed E-state index contributed by atoms with van der Waals surface area (Å²) >= 11 is 2.72. The summed E-state index contributed by atoms with van der Waals surface area (Å²) in [6.07, 6.45) is 1.62. The largest absolute Gasteiger partial charge is 0.497 e. The van der Waals surface area contributed by atoms with E-state index in [0.717, 1.165) is 5.76 Å². The number of hydrogen-bond donors (Lipinski definition) is 2. The Bertz CT molecular complexity index is 914. The molecule has 0 saturated carbocycles. The van der Waals surface area contributed by atoms with E-state index in [2.05, 4.69) is 20.8 Å². The standard InChI is InChI=1S/C18H20N4O4S2/c1-11(16(23)20-14-9-12(24-2)6-7-15(14)25-3)27-18-22-21-17(28-18)19-10-13-5-4-8-26-13/h4-9,11H,10H2,1-3H3,(H,19,21)(H,20,23). The Morgan fingerprint density at radius 2 is 2.14 bits per heavy atom. The Kier molecular flexibility index (Phi) is 6.77. The predicted octanol–water partition coefficient (Wildman–Crippen LogP) is 3.88. The Labute approximate surface area is 170 Å². The first-order chi connectivity index (χ1) is 13.6. The number of amides is 1. The Morgan fingerprint density at radius 1 is 1.29 bits per heavy atom. The van der Waals surface area contributed by atoms with Crippen LogP contribution < -0.4 is 20.1 Å². The van der Waals surface area contributed by atoms with Crippen molar-refractivity contribution in [2.75, 3.05) is 24.9 Å². The SMILES string of the molecule is COc1ccc(OC)c(NC(=O)C(C)Sc2nnc(NCc3ccco3)s2)c1. The number of thioether (sulfide) groups is 1. The van der Waals surface area contributed by atoms with Crippen molar-refractivity contribution in [1.82, 2.24) is 10.2 Å². The number of rotatable bonds is 9. The smallest absolute Gasteiger partial charge is 0.237 e. The van der Waals surface area contributed by atoms with Crippen LogP contribution in [0.25, 0.3) is 0 Å². The molecule has 0 saturated heterocycles. The van der Waals surface area contributed by atoms with E-state index in [1.54, 1.807) is 38.7 Å². The Hall–Kier alpha value is -2.72. The third-order valence-corrected chi connectivity index (χ3v) is 5.78. The molecule has 1 aromatic carbocycles. The minimum atomic E-state index is -0.373. The number of aromatic nitrogens is 2. The predicted molar refractivity (Wildman–Crippen MR) is 109 cm³/mol. The first-order valence-corrected chi connectivity index (χ1v) is 10.1. The van der Waals surface area contributed by atoms with E-state index in [0.29, 0.717) is 33.2 Å². The molecule has 0 radical (unpaired) electrons. The lowest BCUT2D eigenvalue weighted by atomic mass is 10.2. The molecular formula is C18H20N4O4S2. The summed E-state index contributed by atoms with van der Waals surface area (Å²) in [6, 6.07) is 8.94. The van der Waals surface area contributed by atoms with Gasteiger partial charge in [0.05, 0.1) is 38.0 Å². The molecule has 2 heterocycles. The summed E-state index contributed by atoms with van der Waals surface area (Å²) in [5, 5.41) is 14.5. The van der Waals surface area contributed by atoms with Crippen LogP contribution in [0.15, 0.2) is 45.4 Å². The maximum atomic E-state index is 12.6. The third-order valence-electron chi connectivity index (χ3n) is 3.71. The van der Waals surface area contributed by atoms with Gasteiger partial charge in [0.25, 0.3) is 0 Å². The van der Waals surface area contributed by atoms with Gasteiger partial charge in [-0.3, -0.25) is 4.79 Å². The maximum absolute atomic E-state index is 12.6. The average Bonchev–Trinajstić information content (AvgIpc) is 3.38. The molecule has 0 aliphatic heterocycles. The van der Waals surface area contributed by atoms with Crippen LogP contribution >= 0.6 is 23.1 Å². The van der Waals surface area contributed by atoms with Crippen molar-refractivity contribution in [3.8, 4) is 11.5 Å². The van der Waals surface area contributed by atoms with Gasteiger partial charge in [-0.1, -0.05) is 23.1 Å². The summed E-state index contributed by atoms with van der Waals surface area (Å²) in [7, 11) is 3.12. The molecule has 3 rings (SSSR count). The van der Waals surface area contributed by atoms with Crippen molar-refractivity contribution < 1.29 is 18.7 Å². The highest BCUT2D eigenvalue weighted by Gasteiger charge is 2.19. The summed E-state index contributed by atoms with van der Waals surface area (Å²) < 4.78 is 16.5. The minimum Gasteiger partial charge on any atom is -0.497 e. The second-order valence-corrected chi connectivity index (χ2v) is 8.19. The molecule has 0 aliphatic rings. The molecule has 2 aromatic heterocycles. The molecule has 1 unspecified atom stereocenters. The third kappa shape index (κ3) is 5.17. The average molecular weight is 421 g/mol. The van der Waals surface area contributed by atoms with Gasteiger partial charge >= 0.3 is 0 Å². The fourth-order valence-electron chi connectivity index (χ4n) is 2.26. The quantitative estimate of drug-likeness (QED) is 0.503. The molecule has 148 valence electrons. The number of ether oxygens (including phenoxy) is 2. The fourth-order valence-corrected chi connectivity index (χ4v) is 4.15. The van der Waals surface area contributed by atoms with Crippen LogP contribution in [0.1, 0.15) is 12.7 Å². The molecular weight excluding hydrogens is 400 g/mol. The molecule has 0 fully saturated rings. The zero-order valence-electron chi connectivity index (χ0n) is 15.6. The highest BCUT2D eigenvalue weighted by molar-refractivity contribution is 8.02. The first kappa shape index (κ1) is 20.0. The molecule has 10 heteroatoms. The number of anilines is 2. The van der Waals surface area contributed by atoms with Crippen LogP contribution in [0.5, 0.6) is 11.5 Å². The van der Waals surface area contributed by atoms with E-state index in [4.69, 9.17) is 13.9 Å². The number of nitrogens with one attached hydrogen (secondary N) is 2. The minimum absolute atomic E-state index is 0.170. The fraction of sp³-hybridized carbons (Fsp3) is 0.278. The molecule has 0 spiro atoms. The van der Waals surface area contributed by atoms with Crippen molar-refractivity contribution in [1.29, 1.82) is 0 Å². The van der Waals surface area contributed by atoms with E-state index < -0.39 is 0 Å². The number of hydrogen-bond acceptors (Lipinski definition) is 9. The summed E-state index contributed by atoms with van der Waals surface area (Å²) in [6.45, 7) is 2.34. The van der Waals surface area contributed by atoms with Crippen LogP contribution in [0, 0.1) is 0 Å². The zero-order chi connectivity index (χ0) is 19.9. The van der Waals surface area contributed by atoms with E-state index in [-0.39, 0.29) is 11.2 Å². The summed E-state index contributed by atoms with van der Waals surface area (Å²) in [5.41, 5.74) is 0.553. The van der Waals surface area contributed by atoms with E-state index >= 15 is 0 Å². The van der Waals surface area contributed by atoms with Crippen molar-refractivity contribution in [2.45, 2.75) is 23.1 Å². The second-order valence-electron chi connectivity index (χ2n) is 5.62. The molecule has 0 aliphatic carbocycles. The Balaban J connectivity index is 1.57. The number of nitrogens with zero attached hydrogens (tertiary/aromatic N) is 2. The van der Waals surface area contributed by atoms with Crippen LogP contribution in [0.4, 0.5) is 10.8 Å². The lowest BCUT2D eigenvalue weighted by molar-refractivity contribution is -0.115. The Morgan fingerprint density at radius 3 is 2.86 bits per heavy atom. The number of carbonyl (C=O) groups is 1. The molecule has 3 aromatic rings. The van der Waals surface area contributed by atoms with E-state index in [1.807, 2.05) is 19.1 Å². The van der Waals surface area contributed by atoms with Crippen molar-refractivity contribution in [3.63, 3.8) is 0 Å². The van der Waals surface area contributed by atoms with Crippen LogP contribution in [0.3, 0.4) is 0 Å². The number of furan rings is 1. The summed E-state index contributed by atoms with van der Waals surface area (Å²) in [4.78, 5) is 12.6. The van der Waals surface area contributed by atoms with Crippen LogP contribution in [-0.2, 0) is 11.3 Å². The van der Waals surface area contributed by atoms with E-state index in [9.17, 15) is 4.79 Å². The maximum Gasteiger partial charge on any atom is 0.237 e. The zero-order valence-corrected chi connectivity index (χ0v) is 17.2. The van der Waals surface area contributed by atoms with Gasteiger partial charge in [0.1, 0.15) is 17.3 Å². The normalized spacial score (nSPS) is 11.7. The second kappa shape index (κ2) is 9.47. The molecule has 2 N–H and O–H groups in total. The van der Waals surface area contributed by atoms with Gasteiger partial charge in [-0.15, -0.1) is 10.2 Å². The van der Waals surface area contributed by atoms with Gasteiger partial charge in [0.15, 0.2) is 4.34 Å². The molecule has 0 bridgehead atoms. The lowest BCUT2D eigenvalue weighted by Gasteiger charge is -2.14. The van der Waals surface area contributed by atoms with Gasteiger partial charge in [0, 0.05) is 6.07 Å². The number of benzene rings is 1. The van der Waals surface area contributed by atoms with Gasteiger partial charge in [-0.05, 0) is 31.2 Å². The van der Waals surface area contributed by atoms with Crippen LogP contribution in [0.2, 0.25) is 0 Å². The monoisotopic (exact) mass is 420 g/mol. The molecule has 8 nitrogen and oxygen atoms in total. The van der Waals surface area contributed by atoms with Crippen molar-refractivity contribution >= 4 is 39.8 Å². The van der Waals surface area contributed by atoms with Gasteiger partial charge in [-0.2, -0.15) is 0 Å².